The first kappa shape index (κ1) is 19.8. The number of ether oxygens (including phenoxy) is 4. The number of unbranched alkanes of at least 4 members (excludes halogenated alkanes) is 1. The number of rotatable bonds is 16. The third kappa shape index (κ3) is 14.2. The molecule has 5 nitrogen and oxygen atoms in total. The molecule has 0 saturated heterocycles. The molecule has 0 amide bonds. The van der Waals surface area contributed by atoms with Gasteiger partial charge in [0.25, 0.3) is 0 Å². The lowest BCUT2D eigenvalue weighted by atomic mass is 10.2. The molecule has 0 bridgehead atoms. The van der Waals surface area contributed by atoms with Gasteiger partial charge in [-0.05, 0) is 26.3 Å². The first-order chi connectivity index (χ1) is 9.85. The summed E-state index contributed by atoms with van der Waals surface area (Å²) in [5, 5.41) is 3.22. The van der Waals surface area contributed by atoms with E-state index < -0.39 is 0 Å². The highest BCUT2D eigenvalue weighted by Gasteiger charge is 2.04. The first-order valence-electron chi connectivity index (χ1n) is 7.74. The van der Waals surface area contributed by atoms with Gasteiger partial charge in [0.2, 0.25) is 0 Å². The third-order valence-corrected chi connectivity index (χ3v) is 3.00. The van der Waals surface area contributed by atoms with Crippen LogP contribution in [0.4, 0.5) is 0 Å². The minimum absolute atomic E-state index is 0.417. The predicted octanol–water partition coefficient (Wildman–Crippen LogP) is 1.85. The van der Waals surface area contributed by atoms with Gasteiger partial charge in [0.15, 0.2) is 0 Å². The Balaban J connectivity index is 3.09. The second-order valence-electron chi connectivity index (χ2n) is 4.77. The molecular weight excluding hydrogens is 258 g/mol. The van der Waals surface area contributed by atoms with E-state index >= 15 is 0 Å². The smallest absolute Gasteiger partial charge is 0.0701 e. The van der Waals surface area contributed by atoms with Crippen molar-refractivity contribution in [2.75, 3.05) is 60.4 Å². The van der Waals surface area contributed by atoms with Gasteiger partial charge in [-0.15, -0.1) is 0 Å². The monoisotopic (exact) mass is 291 g/mol. The Kier molecular flexibility index (Phi) is 16.7. The molecule has 0 aliphatic heterocycles. The SMILES string of the molecule is CCCCOCCOCCOCCCC(COC)NC. The summed E-state index contributed by atoms with van der Waals surface area (Å²) in [5.74, 6) is 0. The second kappa shape index (κ2) is 16.9. The van der Waals surface area contributed by atoms with E-state index in [2.05, 4.69) is 12.2 Å². The standard InChI is InChI=1S/C15H33NO4/c1-4-5-8-18-10-12-20-13-11-19-9-6-7-15(16-2)14-17-3/h15-16H,4-14H2,1-3H3. The van der Waals surface area contributed by atoms with E-state index in [1.807, 2.05) is 7.05 Å². The summed E-state index contributed by atoms with van der Waals surface area (Å²) in [6.45, 7) is 7.16. The molecule has 0 aromatic rings. The van der Waals surface area contributed by atoms with Crippen molar-refractivity contribution in [2.45, 2.75) is 38.6 Å². The normalized spacial score (nSPS) is 12.8. The van der Waals surface area contributed by atoms with Gasteiger partial charge in [-0.3, -0.25) is 0 Å². The maximum Gasteiger partial charge on any atom is 0.0701 e. The Labute approximate surface area is 124 Å². The van der Waals surface area contributed by atoms with E-state index in [1.165, 1.54) is 6.42 Å². The summed E-state index contributed by atoms with van der Waals surface area (Å²) >= 11 is 0. The average molecular weight is 291 g/mol. The Morgan fingerprint density at radius 3 is 1.90 bits per heavy atom. The number of hydrogen-bond acceptors (Lipinski definition) is 5. The summed E-state index contributed by atoms with van der Waals surface area (Å²) in [4.78, 5) is 0. The average Bonchev–Trinajstić information content (AvgIpc) is 2.47. The van der Waals surface area contributed by atoms with Crippen LogP contribution in [0.5, 0.6) is 0 Å². The molecule has 0 saturated carbocycles. The van der Waals surface area contributed by atoms with Crippen molar-refractivity contribution in [1.82, 2.24) is 5.32 Å². The summed E-state index contributed by atoms with van der Waals surface area (Å²) in [6.07, 6.45) is 4.40. The lowest BCUT2D eigenvalue weighted by molar-refractivity contribution is 0.0129. The van der Waals surface area contributed by atoms with E-state index in [-0.39, 0.29) is 0 Å². The first-order valence-corrected chi connectivity index (χ1v) is 7.74. The van der Waals surface area contributed by atoms with Gasteiger partial charge in [0.1, 0.15) is 0 Å². The number of likely N-dealkylation sites (N-methyl/N-ethyl adjacent to an activating group) is 1. The maximum absolute atomic E-state index is 5.52. The maximum atomic E-state index is 5.52. The van der Waals surface area contributed by atoms with Crippen LogP contribution < -0.4 is 5.32 Å². The molecular formula is C15H33NO4. The molecule has 1 atom stereocenters. The van der Waals surface area contributed by atoms with Crippen molar-refractivity contribution < 1.29 is 18.9 Å². The van der Waals surface area contributed by atoms with Gasteiger partial charge >= 0.3 is 0 Å². The Morgan fingerprint density at radius 2 is 1.40 bits per heavy atom. The highest BCUT2D eigenvalue weighted by atomic mass is 16.5. The van der Waals surface area contributed by atoms with Gasteiger partial charge < -0.3 is 24.3 Å². The topological polar surface area (TPSA) is 49.0 Å². The number of hydrogen-bond donors (Lipinski definition) is 1. The van der Waals surface area contributed by atoms with Gasteiger partial charge in [-0.2, -0.15) is 0 Å². The highest BCUT2D eigenvalue weighted by Crippen LogP contribution is 1.98. The fraction of sp³-hybridized carbons (Fsp3) is 1.00. The van der Waals surface area contributed by atoms with Crippen molar-refractivity contribution in [2.24, 2.45) is 0 Å². The van der Waals surface area contributed by atoms with Crippen LogP contribution in [0.3, 0.4) is 0 Å². The zero-order valence-electron chi connectivity index (χ0n) is 13.5. The molecule has 0 radical (unpaired) electrons. The molecule has 122 valence electrons. The summed E-state index contributed by atoms with van der Waals surface area (Å²) < 4.78 is 21.4. The van der Waals surface area contributed by atoms with Crippen LogP contribution in [-0.4, -0.2) is 66.4 Å². The van der Waals surface area contributed by atoms with Crippen LogP contribution >= 0.6 is 0 Å². The zero-order valence-corrected chi connectivity index (χ0v) is 13.5. The van der Waals surface area contributed by atoms with Crippen LogP contribution in [0.1, 0.15) is 32.6 Å². The molecule has 0 fully saturated rings. The lowest BCUT2D eigenvalue weighted by Gasteiger charge is -2.14. The molecule has 0 aromatic carbocycles. The summed E-state index contributed by atoms with van der Waals surface area (Å²) in [7, 11) is 3.69. The Morgan fingerprint density at radius 1 is 0.850 bits per heavy atom. The van der Waals surface area contributed by atoms with E-state index in [4.69, 9.17) is 18.9 Å². The molecule has 0 heterocycles. The van der Waals surface area contributed by atoms with Gasteiger partial charge in [-0.1, -0.05) is 13.3 Å². The molecule has 1 unspecified atom stereocenters. The van der Waals surface area contributed by atoms with Crippen LogP contribution in [0, 0.1) is 0 Å². The van der Waals surface area contributed by atoms with Crippen molar-refractivity contribution in [3.05, 3.63) is 0 Å². The summed E-state index contributed by atoms with van der Waals surface area (Å²) in [5.41, 5.74) is 0. The van der Waals surface area contributed by atoms with Crippen molar-refractivity contribution in [3.63, 3.8) is 0 Å². The molecule has 1 N–H and O–H groups in total. The van der Waals surface area contributed by atoms with E-state index in [0.717, 1.165) is 39.1 Å². The molecule has 0 rings (SSSR count). The quantitative estimate of drug-likeness (QED) is 0.440. The van der Waals surface area contributed by atoms with Crippen molar-refractivity contribution >= 4 is 0 Å². The van der Waals surface area contributed by atoms with Crippen molar-refractivity contribution in [1.29, 1.82) is 0 Å². The van der Waals surface area contributed by atoms with Crippen molar-refractivity contribution in [3.8, 4) is 0 Å². The Hall–Kier alpha value is -0.200. The minimum Gasteiger partial charge on any atom is -0.383 e. The van der Waals surface area contributed by atoms with Gasteiger partial charge in [0.05, 0.1) is 33.0 Å². The largest absolute Gasteiger partial charge is 0.383 e. The van der Waals surface area contributed by atoms with Crippen LogP contribution in [0.15, 0.2) is 0 Å². The second-order valence-corrected chi connectivity index (χ2v) is 4.77. The third-order valence-electron chi connectivity index (χ3n) is 3.00. The molecule has 0 aromatic heterocycles. The van der Waals surface area contributed by atoms with Crippen LogP contribution in [-0.2, 0) is 18.9 Å². The summed E-state index contributed by atoms with van der Waals surface area (Å²) in [6, 6.07) is 0.417. The Bertz CT molecular complexity index is 181. The molecule has 0 aliphatic rings. The molecule has 5 heteroatoms. The molecule has 0 aliphatic carbocycles. The van der Waals surface area contributed by atoms with E-state index in [0.29, 0.717) is 32.5 Å². The van der Waals surface area contributed by atoms with E-state index in [1.54, 1.807) is 7.11 Å². The van der Waals surface area contributed by atoms with E-state index in [9.17, 15) is 0 Å². The zero-order chi connectivity index (χ0) is 14.9. The fourth-order valence-electron chi connectivity index (χ4n) is 1.73. The number of methoxy groups -OCH3 is 1. The molecule has 0 spiro atoms. The highest BCUT2D eigenvalue weighted by molar-refractivity contribution is 4.62. The minimum atomic E-state index is 0.417. The predicted molar refractivity (Wildman–Crippen MR) is 81.3 cm³/mol. The van der Waals surface area contributed by atoms with Crippen LogP contribution in [0.2, 0.25) is 0 Å². The fourth-order valence-corrected chi connectivity index (χ4v) is 1.73. The van der Waals surface area contributed by atoms with Gasteiger partial charge in [-0.25, -0.2) is 0 Å². The number of nitrogens with one attached hydrogen (secondary N) is 1. The molecule has 20 heavy (non-hydrogen) atoms. The lowest BCUT2D eigenvalue weighted by Crippen LogP contribution is -2.30. The van der Waals surface area contributed by atoms with Crippen LogP contribution in [0.25, 0.3) is 0 Å². The van der Waals surface area contributed by atoms with Gasteiger partial charge in [0, 0.05) is 26.4 Å².